The molecular weight excluding hydrogens is 514 g/mol. The van der Waals surface area contributed by atoms with E-state index < -0.39 is 0 Å². The van der Waals surface area contributed by atoms with Crippen LogP contribution in [0.4, 0.5) is 5.69 Å². The van der Waals surface area contributed by atoms with E-state index in [9.17, 15) is 9.59 Å². The monoisotopic (exact) mass is 527 g/mol. The second-order valence-corrected chi connectivity index (χ2v) is 8.87. The summed E-state index contributed by atoms with van der Waals surface area (Å²) in [6, 6.07) is 21.1. The highest BCUT2D eigenvalue weighted by molar-refractivity contribution is 9.10. The van der Waals surface area contributed by atoms with E-state index in [1.165, 1.54) is 11.8 Å². The van der Waals surface area contributed by atoms with E-state index in [1.54, 1.807) is 47.1 Å². The average Bonchev–Trinajstić information content (AvgIpc) is 3.28. The number of benzene rings is 3. The second-order valence-electron chi connectivity index (χ2n) is 6.57. The van der Waals surface area contributed by atoms with Crippen LogP contribution in [0.1, 0.15) is 15.9 Å². The molecule has 3 aromatic carbocycles. The molecule has 1 heterocycles. The summed E-state index contributed by atoms with van der Waals surface area (Å²) in [5, 5.41) is 15.4. The lowest BCUT2D eigenvalue weighted by Crippen LogP contribution is -2.17. The van der Waals surface area contributed by atoms with Gasteiger partial charge in [0.05, 0.1) is 17.1 Å². The number of nitrogens with one attached hydrogen (secondary N) is 1. The number of aromatic nitrogens is 4. The van der Waals surface area contributed by atoms with Gasteiger partial charge in [-0.25, -0.2) is 0 Å². The molecule has 32 heavy (non-hydrogen) atoms. The molecule has 160 valence electrons. The molecule has 0 fully saturated rings. The first-order valence-electron chi connectivity index (χ1n) is 9.37. The Morgan fingerprint density at radius 2 is 1.78 bits per heavy atom. The minimum Gasteiger partial charge on any atom is -0.325 e. The minimum absolute atomic E-state index is 0.0541. The van der Waals surface area contributed by atoms with Crippen LogP contribution in [0.2, 0.25) is 5.02 Å². The smallest absolute Gasteiger partial charge is 0.234 e. The predicted octanol–water partition coefficient (Wildman–Crippen LogP) is 5.04. The molecule has 1 aromatic heterocycles. The predicted molar refractivity (Wildman–Crippen MR) is 128 cm³/mol. The average molecular weight is 529 g/mol. The molecule has 0 bridgehead atoms. The van der Waals surface area contributed by atoms with Crippen LogP contribution in [0, 0.1) is 0 Å². The van der Waals surface area contributed by atoms with Crippen LogP contribution in [0.3, 0.4) is 0 Å². The van der Waals surface area contributed by atoms with Gasteiger partial charge in [0, 0.05) is 20.6 Å². The van der Waals surface area contributed by atoms with E-state index >= 15 is 0 Å². The molecule has 4 aromatic rings. The number of anilines is 1. The Morgan fingerprint density at radius 3 is 2.53 bits per heavy atom. The van der Waals surface area contributed by atoms with Gasteiger partial charge >= 0.3 is 0 Å². The number of carbonyl (C=O) groups excluding carboxylic acids is 2. The standard InChI is InChI=1S/C22H15BrClN5O2S/c23-15-6-9-17(10-7-15)29-22(26-27-28-29)32-13-20(30)25-19-11-8-16(24)12-18(19)21(31)14-4-2-1-3-5-14/h1-12H,13H2,(H,25,30). The number of hydrogen-bond donors (Lipinski definition) is 1. The number of carbonyl (C=O) groups is 2. The third-order valence-electron chi connectivity index (χ3n) is 4.38. The molecule has 0 aliphatic heterocycles. The minimum atomic E-state index is -0.301. The number of halogens is 2. The van der Waals surface area contributed by atoms with Gasteiger partial charge in [0.25, 0.3) is 0 Å². The quantitative estimate of drug-likeness (QED) is 0.267. The zero-order valence-electron chi connectivity index (χ0n) is 16.4. The SMILES string of the molecule is O=C(CSc1nnnn1-c1ccc(Br)cc1)Nc1ccc(Cl)cc1C(=O)c1ccccc1. The first-order chi connectivity index (χ1) is 15.5. The van der Waals surface area contributed by atoms with E-state index in [1.807, 2.05) is 30.3 Å². The Bertz CT molecular complexity index is 1270. The van der Waals surface area contributed by atoms with Gasteiger partial charge in [0.1, 0.15) is 0 Å². The number of nitrogens with zero attached hydrogens (tertiary/aromatic N) is 4. The van der Waals surface area contributed by atoms with Crippen LogP contribution in [-0.4, -0.2) is 37.7 Å². The van der Waals surface area contributed by atoms with Crippen LogP contribution in [-0.2, 0) is 4.79 Å². The third kappa shape index (κ3) is 5.24. The van der Waals surface area contributed by atoms with Crippen LogP contribution >= 0.6 is 39.3 Å². The Balaban J connectivity index is 1.47. The topological polar surface area (TPSA) is 89.8 Å². The summed E-state index contributed by atoms with van der Waals surface area (Å²) in [7, 11) is 0. The van der Waals surface area contributed by atoms with E-state index in [2.05, 4.69) is 36.8 Å². The van der Waals surface area contributed by atoms with Crippen molar-refractivity contribution in [3.8, 4) is 5.69 Å². The normalized spacial score (nSPS) is 10.7. The van der Waals surface area contributed by atoms with E-state index in [0.29, 0.717) is 27.0 Å². The van der Waals surface area contributed by atoms with Gasteiger partial charge in [-0.2, -0.15) is 4.68 Å². The van der Waals surface area contributed by atoms with Crippen molar-refractivity contribution in [1.82, 2.24) is 20.2 Å². The Morgan fingerprint density at radius 1 is 1.03 bits per heavy atom. The van der Waals surface area contributed by atoms with Gasteiger partial charge < -0.3 is 5.32 Å². The number of amides is 1. The first-order valence-corrected chi connectivity index (χ1v) is 11.5. The summed E-state index contributed by atoms with van der Waals surface area (Å²) in [6.07, 6.45) is 0. The maximum atomic E-state index is 12.9. The number of thioether (sulfide) groups is 1. The zero-order valence-corrected chi connectivity index (χ0v) is 19.6. The van der Waals surface area contributed by atoms with Crippen molar-refractivity contribution in [2.24, 2.45) is 0 Å². The highest BCUT2D eigenvalue weighted by Gasteiger charge is 2.17. The molecule has 0 aliphatic carbocycles. The fourth-order valence-electron chi connectivity index (χ4n) is 2.89. The summed E-state index contributed by atoms with van der Waals surface area (Å²) in [4.78, 5) is 25.6. The van der Waals surface area contributed by atoms with Gasteiger partial charge in [-0.15, -0.1) is 5.10 Å². The first kappa shape index (κ1) is 22.2. The summed E-state index contributed by atoms with van der Waals surface area (Å²) in [5.74, 6) is -0.474. The Labute approximate surface area is 201 Å². The molecule has 0 aliphatic rings. The maximum Gasteiger partial charge on any atom is 0.234 e. The van der Waals surface area contributed by atoms with Crippen molar-refractivity contribution >= 4 is 56.7 Å². The van der Waals surface area contributed by atoms with Crippen LogP contribution in [0.5, 0.6) is 0 Å². The Kier molecular flexibility index (Phi) is 6.99. The number of rotatable bonds is 7. The maximum absolute atomic E-state index is 12.9. The number of hydrogen-bond acceptors (Lipinski definition) is 6. The zero-order chi connectivity index (χ0) is 22.5. The molecule has 1 amide bonds. The van der Waals surface area contributed by atoms with Crippen molar-refractivity contribution in [1.29, 1.82) is 0 Å². The van der Waals surface area contributed by atoms with Gasteiger partial charge in [0.2, 0.25) is 11.1 Å². The Hall–Kier alpha value is -3.01. The van der Waals surface area contributed by atoms with Crippen molar-refractivity contribution in [3.05, 3.63) is 93.4 Å². The summed E-state index contributed by atoms with van der Waals surface area (Å²) in [5.41, 5.74) is 1.99. The molecule has 0 unspecified atom stereocenters. The summed E-state index contributed by atoms with van der Waals surface area (Å²) in [6.45, 7) is 0. The van der Waals surface area contributed by atoms with E-state index in [4.69, 9.17) is 11.6 Å². The van der Waals surface area contributed by atoms with Crippen molar-refractivity contribution < 1.29 is 9.59 Å². The van der Waals surface area contributed by atoms with Crippen molar-refractivity contribution in [2.75, 3.05) is 11.1 Å². The molecular formula is C22H15BrClN5O2S. The van der Waals surface area contributed by atoms with E-state index in [-0.39, 0.29) is 17.4 Å². The molecule has 1 N–H and O–H groups in total. The fourth-order valence-corrected chi connectivity index (χ4v) is 4.02. The van der Waals surface area contributed by atoms with Gasteiger partial charge in [-0.05, 0) is 52.9 Å². The van der Waals surface area contributed by atoms with Crippen molar-refractivity contribution in [2.45, 2.75) is 5.16 Å². The number of ketones is 1. The highest BCUT2D eigenvalue weighted by atomic mass is 79.9. The lowest BCUT2D eigenvalue weighted by Gasteiger charge is -2.11. The molecule has 0 spiro atoms. The second kappa shape index (κ2) is 10.1. The van der Waals surface area contributed by atoms with Crippen LogP contribution in [0.25, 0.3) is 5.69 Å². The number of tetrazole rings is 1. The van der Waals surface area contributed by atoms with Crippen LogP contribution in [0.15, 0.2) is 82.4 Å². The molecule has 10 heteroatoms. The largest absolute Gasteiger partial charge is 0.325 e. The lowest BCUT2D eigenvalue weighted by atomic mass is 10.0. The van der Waals surface area contributed by atoms with E-state index in [0.717, 1.165) is 10.2 Å². The van der Waals surface area contributed by atoms with Gasteiger partial charge in [-0.1, -0.05) is 69.6 Å². The molecule has 0 radical (unpaired) electrons. The molecule has 0 atom stereocenters. The summed E-state index contributed by atoms with van der Waals surface area (Å²) < 4.78 is 2.49. The molecule has 7 nitrogen and oxygen atoms in total. The summed E-state index contributed by atoms with van der Waals surface area (Å²) >= 11 is 10.7. The van der Waals surface area contributed by atoms with Crippen LogP contribution < -0.4 is 5.32 Å². The molecule has 4 rings (SSSR count). The highest BCUT2D eigenvalue weighted by Crippen LogP contribution is 2.25. The molecule has 0 saturated heterocycles. The van der Waals surface area contributed by atoms with Crippen molar-refractivity contribution in [3.63, 3.8) is 0 Å². The third-order valence-corrected chi connectivity index (χ3v) is 6.06. The lowest BCUT2D eigenvalue weighted by molar-refractivity contribution is -0.113. The van der Waals surface area contributed by atoms with Gasteiger partial charge in [0.15, 0.2) is 5.78 Å². The molecule has 0 saturated carbocycles. The van der Waals surface area contributed by atoms with Gasteiger partial charge in [-0.3, -0.25) is 9.59 Å². The fraction of sp³-hybridized carbons (Fsp3) is 0.0455.